The molecule has 4 rings (SSSR count). The number of hydrogen-bond donors (Lipinski definition) is 1. The number of aromatic nitrogens is 1. The van der Waals surface area contributed by atoms with E-state index in [0.717, 1.165) is 44.9 Å². The lowest BCUT2D eigenvalue weighted by molar-refractivity contribution is -0.127. The summed E-state index contributed by atoms with van der Waals surface area (Å²) in [6.07, 6.45) is 1.73. The van der Waals surface area contributed by atoms with Crippen molar-refractivity contribution < 1.29 is 14.4 Å². The van der Waals surface area contributed by atoms with Gasteiger partial charge in [0.2, 0.25) is 5.91 Å². The van der Waals surface area contributed by atoms with Crippen LogP contribution in [0, 0.1) is 20.8 Å². The fraction of sp³-hybridized carbons (Fsp3) is 0.160. The van der Waals surface area contributed by atoms with Crippen LogP contribution in [0.2, 0.25) is 0 Å². The molecule has 0 saturated carbocycles. The van der Waals surface area contributed by atoms with Crippen LogP contribution in [0.5, 0.6) is 0 Å². The number of nitrogens with one attached hydrogen (secondary N) is 1. The number of anilines is 1. The van der Waals surface area contributed by atoms with Gasteiger partial charge in [0.1, 0.15) is 6.54 Å². The van der Waals surface area contributed by atoms with Crippen LogP contribution in [0.1, 0.15) is 22.5 Å². The number of hydrogen-bond acceptors (Lipinski definition) is 4. The van der Waals surface area contributed by atoms with Crippen molar-refractivity contribution >= 4 is 40.6 Å². The molecule has 32 heavy (non-hydrogen) atoms. The lowest BCUT2D eigenvalue weighted by atomic mass is 10.2. The van der Waals surface area contributed by atoms with E-state index < -0.39 is 17.1 Å². The van der Waals surface area contributed by atoms with E-state index >= 15 is 0 Å². The Kier molecular flexibility index (Phi) is 6.01. The van der Waals surface area contributed by atoms with Crippen molar-refractivity contribution in [3.05, 3.63) is 88.1 Å². The second kappa shape index (κ2) is 8.88. The number of rotatable bonds is 5. The summed E-state index contributed by atoms with van der Waals surface area (Å²) in [4.78, 5) is 39.1. The Morgan fingerprint density at radius 2 is 1.69 bits per heavy atom. The number of benzene rings is 2. The number of carbonyl (C=O) groups is 3. The third kappa shape index (κ3) is 4.24. The van der Waals surface area contributed by atoms with E-state index in [-0.39, 0.29) is 6.54 Å². The molecule has 2 heterocycles. The van der Waals surface area contributed by atoms with Crippen molar-refractivity contribution in [3.8, 4) is 5.69 Å². The first kappa shape index (κ1) is 21.6. The van der Waals surface area contributed by atoms with Crippen molar-refractivity contribution in [2.45, 2.75) is 20.8 Å². The van der Waals surface area contributed by atoms with Crippen molar-refractivity contribution in [2.24, 2.45) is 0 Å². The number of nitrogens with zero attached hydrogens (tertiary/aromatic N) is 2. The van der Waals surface area contributed by atoms with Crippen LogP contribution in [0.15, 0.2) is 65.6 Å². The van der Waals surface area contributed by atoms with E-state index in [4.69, 9.17) is 0 Å². The third-order valence-corrected chi connectivity index (χ3v) is 6.27. The average Bonchev–Trinajstić information content (AvgIpc) is 3.19. The molecule has 0 aliphatic carbocycles. The Morgan fingerprint density at radius 3 is 2.41 bits per heavy atom. The summed E-state index contributed by atoms with van der Waals surface area (Å²) < 4.78 is 2.10. The molecule has 3 aromatic rings. The van der Waals surface area contributed by atoms with Gasteiger partial charge in [-0.05, 0) is 74.0 Å². The second-order valence-corrected chi connectivity index (χ2v) is 8.62. The monoisotopic (exact) mass is 445 g/mol. The van der Waals surface area contributed by atoms with Gasteiger partial charge in [-0.15, -0.1) is 0 Å². The summed E-state index contributed by atoms with van der Waals surface area (Å²) in [6, 6.07) is 19.3. The summed E-state index contributed by atoms with van der Waals surface area (Å²) in [5, 5.41) is 2.32. The van der Waals surface area contributed by atoms with Gasteiger partial charge in [0.25, 0.3) is 11.1 Å². The zero-order valence-corrected chi connectivity index (χ0v) is 18.9. The molecular weight excluding hydrogens is 422 g/mol. The highest BCUT2D eigenvalue weighted by atomic mass is 32.2. The van der Waals surface area contributed by atoms with Crippen molar-refractivity contribution in [1.29, 1.82) is 0 Å². The van der Waals surface area contributed by atoms with Gasteiger partial charge in [0.05, 0.1) is 4.91 Å². The van der Waals surface area contributed by atoms with Crippen molar-refractivity contribution in [1.82, 2.24) is 9.47 Å². The number of para-hydroxylation sites is 2. The summed E-state index contributed by atoms with van der Waals surface area (Å²) >= 11 is 0.857. The first-order valence-electron chi connectivity index (χ1n) is 10.2. The number of carbonyl (C=O) groups excluding carboxylic acids is 3. The SMILES string of the molecule is Cc1ccccc1NC(=O)CN1C(=O)S/C(=C/c2cc(C)n(-c3ccccc3)c2C)C1=O. The number of thioether (sulfide) groups is 1. The van der Waals surface area contributed by atoms with Gasteiger partial charge in [-0.3, -0.25) is 19.3 Å². The van der Waals surface area contributed by atoms with Crippen LogP contribution < -0.4 is 5.32 Å². The predicted molar refractivity (Wildman–Crippen MR) is 128 cm³/mol. The Hall–Kier alpha value is -3.58. The van der Waals surface area contributed by atoms with Crippen LogP contribution >= 0.6 is 11.8 Å². The van der Waals surface area contributed by atoms with Gasteiger partial charge in [-0.1, -0.05) is 36.4 Å². The number of imide groups is 1. The van der Waals surface area contributed by atoms with Crippen LogP contribution in [0.4, 0.5) is 10.5 Å². The average molecular weight is 446 g/mol. The molecule has 1 aromatic heterocycles. The van der Waals surface area contributed by atoms with Crippen LogP contribution in [-0.4, -0.2) is 33.1 Å². The highest BCUT2D eigenvalue weighted by molar-refractivity contribution is 8.18. The minimum Gasteiger partial charge on any atom is -0.324 e. The minimum atomic E-state index is -0.454. The summed E-state index contributed by atoms with van der Waals surface area (Å²) in [5.41, 5.74) is 5.45. The lowest BCUT2D eigenvalue weighted by Crippen LogP contribution is -2.36. The lowest BCUT2D eigenvalue weighted by Gasteiger charge is -2.13. The fourth-order valence-electron chi connectivity index (χ4n) is 3.73. The maximum atomic E-state index is 12.9. The quantitative estimate of drug-likeness (QED) is 0.556. The number of aryl methyl sites for hydroxylation is 2. The van der Waals surface area contributed by atoms with Gasteiger partial charge in [0, 0.05) is 22.8 Å². The Morgan fingerprint density at radius 1 is 1.00 bits per heavy atom. The molecule has 162 valence electrons. The topological polar surface area (TPSA) is 71.4 Å². The van der Waals surface area contributed by atoms with Crippen LogP contribution in [0.25, 0.3) is 11.8 Å². The molecule has 7 heteroatoms. The molecule has 1 fully saturated rings. The number of amides is 3. The molecule has 1 saturated heterocycles. The van der Waals surface area contributed by atoms with Crippen LogP contribution in [0.3, 0.4) is 0 Å². The molecule has 3 amide bonds. The summed E-state index contributed by atoms with van der Waals surface area (Å²) in [7, 11) is 0. The molecule has 2 aromatic carbocycles. The maximum Gasteiger partial charge on any atom is 0.294 e. The van der Waals surface area contributed by atoms with Gasteiger partial charge in [-0.25, -0.2) is 0 Å². The largest absolute Gasteiger partial charge is 0.324 e. The molecule has 0 unspecified atom stereocenters. The van der Waals surface area contributed by atoms with Crippen LogP contribution in [-0.2, 0) is 9.59 Å². The summed E-state index contributed by atoms with van der Waals surface area (Å²) in [5.74, 6) is -0.866. The Labute approximate surface area is 190 Å². The van der Waals surface area contributed by atoms with E-state index in [1.807, 2.05) is 75.4 Å². The van der Waals surface area contributed by atoms with Gasteiger partial charge >= 0.3 is 0 Å². The molecule has 0 spiro atoms. The summed E-state index contributed by atoms with van der Waals surface area (Å²) in [6.45, 7) is 5.54. The van der Waals surface area contributed by atoms with Crippen molar-refractivity contribution in [3.63, 3.8) is 0 Å². The van der Waals surface area contributed by atoms with E-state index in [1.54, 1.807) is 12.1 Å². The zero-order chi connectivity index (χ0) is 22.8. The Bertz CT molecular complexity index is 1240. The second-order valence-electron chi connectivity index (χ2n) is 7.63. The fourth-order valence-corrected chi connectivity index (χ4v) is 4.56. The highest BCUT2D eigenvalue weighted by Gasteiger charge is 2.36. The van der Waals surface area contributed by atoms with E-state index in [2.05, 4.69) is 9.88 Å². The van der Waals surface area contributed by atoms with Gasteiger partial charge < -0.3 is 9.88 Å². The molecule has 6 nitrogen and oxygen atoms in total. The van der Waals surface area contributed by atoms with E-state index in [0.29, 0.717) is 10.6 Å². The van der Waals surface area contributed by atoms with Crippen molar-refractivity contribution in [2.75, 3.05) is 11.9 Å². The van der Waals surface area contributed by atoms with Gasteiger partial charge in [0.15, 0.2) is 0 Å². The molecule has 0 atom stereocenters. The van der Waals surface area contributed by atoms with E-state index in [9.17, 15) is 14.4 Å². The predicted octanol–water partition coefficient (Wildman–Crippen LogP) is 5.08. The first-order valence-corrected chi connectivity index (χ1v) is 11.0. The van der Waals surface area contributed by atoms with Gasteiger partial charge in [-0.2, -0.15) is 0 Å². The normalized spacial score (nSPS) is 15.0. The Balaban J connectivity index is 1.53. The molecule has 1 N–H and O–H groups in total. The first-order chi connectivity index (χ1) is 15.3. The maximum absolute atomic E-state index is 12.9. The molecule has 1 aliphatic rings. The minimum absolute atomic E-state index is 0.312. The molecule has 0 radical (unpaired) electrons. The molecule has 1 aliphatic heterocycles. The van der Waals surface area contributed by atoms with E-state index in [1.165, 1.54) is 0 Å². The molecule has 0 bridgehead atoms. The third-order valence-electron chi connectivity index (χ3n) is 5.37. The molecular formula is C25H23N3O3S. The zero-order valence-electron chi connectivity index (χ0n) is 18.1. The standard InChI is InChI=1S/C25H23N3O3S/c1-16-9-7-8-12-21(16)26-23(29)15-27-24(30)22(32-25(27)31)14-19-13-17(2)28(18(19)3)20-10-5-4-6-11-20/h4-14H,15H2,1-3H3,(H,26,29)/b22-14+. The highest BCUT2D eigenvalue weighted by Crippen LogP contribution is 2.33. The smallest absolute Gasteiger partial charge is 0.294 e.